The van der Waals surface area contributed by atoms with Crippen molar-refractivity contribution in [2.45, 2.75) is 43.9 Å². The molecule has 4 aliphatic carbocycles. The van der Waals surface area contributed by atoms with Crippen molar-refractivity contribution in [1.82, 2.24) is 59.8 Å². The number of pyridine rings is 3. The van der Waals surface area contributed by atoms with Crippen LogP contribution in [0.5, 0.6) is 0 Å². The second kappa shape index (κ2) is 37.5. The summed E-state index contributed by atoms with van der Waals surface area (Å²) >= 11 is 0. The Labute approximate surface area is 865 Å². The molecule has 702 valence electrons. The molecule has 0 bridgehead atoms. The van der Waals surface area contributed by atoms with Gasteiger partial charge in [-0.25, -0.2) is 44.9 Å². The van der Waals surface area contributed by atoms with Gasteiger partial charge in [0.2, 0.25) is 0 Å². The van der Waals surface area contributed by atoms with Crippen molar-refractivity contribution in [1.29, 1.82) is 0 Å². The highest BCUT2D eigenvalue weighted by Crippen LogP contribution is 2.65. The van der Waals surface area contributed by atoms with Crippen LogP contribution in [0.3, 0.4) is 0 Å². The van der Waals surface area contributed by atoms with E-state index in [4.69, 9.17) is 44.9 Å². The lowest BCUT2D eigenvalue weighted by Crippen LogP contribution is -2.25. The summed E-state index contributed by atoms with van der Waals surface area (Å²) in [5.74, 6) is 5.77. The van der Waals surface area contributed by atoms with E-state index >= 15 is 0 Å². The first-order chi connectivity index (χ1) is 73.4. The Hall–Kier alpha value is -19.3. The van der Waals surface area contributed by atoms with Crippen LogP contribution in [0.1, 0.15) is 72.2 Å². The van der Waals surface area contributed by atoms with E-state index in [9.17, 15) is 0 Å². The van der Waals surface area contributed by atoms with Crippen molar-refractivity contribution in [2.75, 3.05) is 0 Å². The van der Waals surface area contributed by atoms with E-state index < -0.39 is 5.41 Å². The summed E-state index contributed by atoms with van der Waals surface area (Å²) in [6.45, 7) is 9.25. The van der Waals surface area contributed by atoms with Gasteiger partial charge in [-0.1, -0.05) is 446 Å². The van der Waals surface area contributed by atoms with Gasteiger partial charge in [0.25, 0.3) is 0 Å². The van der Waals surface area contributed by atoms with E-state index in [1.807, 2.05) is 55.0 Å². The number of aromatic nitrogens is 12. The Bertz CT molecular complexity index is 9240. The molecule has 0 N–H and O–H groups in total. The molecule has 0 radical (unpaired) electrons. The van der Waals surface area contributed by atoms with Crippen molar-refractivity contribution in [2.24, 2.45) is 0 Å². The standard InChI is InChI=1S/C51H32N4.C45H32N4.C41H30N4/c1-2-13-33(14-3-1)36-15-10-16-37(31-36)49-53-48(35-28-26-34(27-29-35)38-17-12-30-52-32-38)54-50(55-49)42-21-11-25-46-47(42)41-20-6-9-24-45(41)51(46)43-22-7-4-18-39(43)40-19-5-8-23-44(40)51;1-45(2)40-24-22-35(27-39(40)38-23-21-31-12-6-7-16-37(31)41(38)45)44-48-42(32-19-17-30(18-20-32)36-15-9-25-46-28-36)47-43(49-44)34-14-8-13-33(26-34)29-10-4-3-5-11-29;1-41(2)35-18-7-6-16-33(35)37-34(17-9-19-36(37)41)40-44-38(29-22-20-28(21-23-29)32-15-10-24-42-26-32)43-39(45-40)31-14-8-13-30(25-31)27-11-4-3-5-12-27/h1-32H;3-28H,1-2H3;3-26H,1-2H3. The molecule has 0 amide bonds. The van der Waals surface area contributed by atoms with Crippen LogP contribution < -0.4 is 0 Å². The van der Waals surface area contributed by atoms with Gasteiger partial charge in [-0.3, -0.25) is 15.0 Å². The van der Waals surface area contributed by atoms with E-state index in [1.165, 1.54) is 94.2 Å². The molecular weight excluding hydrogens is 1810 g/mol. The van der Waals surface area contributed by atoms with Crippen molar-refractivity contribution in [3.05, 3.63) is 543 Å². The average Bonchev–Trinajstić information content (AvgIpc) is 1.50. The van der Waals surface area contributed by atoms with Crippen LogP contribution in [0.15, 0.2) is 498 Å². The minimum Gasteiger partial charge on any atom is -0.264 e. The molecule has 0 atom stereocenters. The minimum absolute atomic E-state index is 0.118. The van der Waals surface area contributed by atoms with E-state index in [1.54, 1.807) is 18.6 Å². The van der Waals surface area contributed by atoms with E-state index in [2.05, 4.69) is 467 Å². The topological polar surface area (TPSA) is 155 Å². The third-order valence-corrected chi connectivity index (χ3v) is 29.9. The van der Waals surface area contributed by atoms with Gasteiger partial charge in [0.15, 0.2) is 52.4 Å². The molecule has 0 aliphatic heterocycles. The zero-order valence-corrected chi connectivity index (χ0v) is 82.2. The van der Waals surface area contributed by atoms with Gasteiger partial charge in [0.05, 0.1) is 5.41 Å². The number of hydrogen-bond donors (Lipinski definition) is 0. The van der Waals surface area contributed by atoms with Crippen molar-refractivity contribution in [3.63, 3.8) is 0 Å². The predicted molar refractivity (Wildman–Crippen MR) is 603 cm³/mol. The molecule has 1 spiro atoms. The van der Waals surface area contributed by atoms with Crippen molar-refractivity contribution in [3.8, 4) is 214 Å². The molecule has 149 heavy (non-hydrogen) atoms. The van der Waals surface area contributed by atoms with Gasteiger partial charge in [0, 0.05) is 98.1 Å². The predicted octanol–water partition coefficient (Wildman–Crippen LogP) is 32.9. The smallest absolute Gasteiger partial charge is 0.164 e. The van der Waals surface area contributed by atoms with Gasteiger partial charge < -0.3 is 0 Å². The van der Waals surface area contributed by atoms with Gasteiger partial charge in [-0.2, -0.15) is 0 Å². The Morgan fingerprint density at radius 1 is 0.154 bits per heavy atom. The van der Waals surface area contributed by atoms with Gasteiger partial charge in [0.1, 0.15) is 0 Å². The number of nitrogens with zero attached hydrogens (tertiary/aromatic N) is 12. The fraction of sp³-hybridized carbons (Fsp3) is 0.0511. The number of fused-ring (bicyclic) bond motifs is 18. The quantitative estimate of drug-likeness (QED) is 0.0959. The minimum atomic E-state index is -0.458. The summed E-state index contributed by atoms with van der Waals surface area (Å²) in [4.78, 5) is 59.4. The molecule has 6 heterocycles. The molecule has 0 saturated carbocycles. The Kier molecular flexibility index (Phi) is 22.6. The maximum Gasteiger partial charge on any atom is 0.164 e. The van der Waals surface area contributed by atoms with Crippen LogP contribution in [0.4, 0.5) is 0 Å². The van der Waals surface area contributed by atoms with Gasteiger partial charge in [-0.15, -0.1) is 0 Å². The molecule has 28 rings (SSSR count). The monoisotopic (exact) mass is 1910 g/mol. The Morgan fingerprint density at radius 2 is 0.436 bits per heavy atom. The Morgan fingerprint density at radius 3 is 0.859 bits per heavy atom. The molecule has 0 fully saturated rings. The zero-order valence-electron chi connectivity index (χ0n) is 82.2. The maximum absolute atomic E-state index is 5.32. The lowest BCUT2D eigenvalue weighted by Gasteiger charge is -2.30. The molecule has 6 aromatic heterocycles. The first-order valence-corrected chi connectivity index (χ1v) is 50.5. The third kappa shape index (κ3) is 16.1. The van der Waals surface area contributed by atoms with Crippen LogP contribution in [0.25, 0.3) is 225 Å². The van der Waals surface area contributed by atoms with E-state index in [0.29, 0.717) is 52.4 Å². The largest absolute Gasteiger partial charge is 0.264 e. The van der Waals surface area contributed by atoms with E-state index in [-0.39, 0.29) is 10.8 Å². The summed E-state index contributed by atoms with van der Waals surface area (Å²) in [6, 6.07) is 162. The summed E-state index contributed by atoms with van der Waals surface area (Å²) < 4.78 is 0. The number of hydrogen-bond acceptors (Lipinski definition) is 12. The summed E-state index contributed by atoms with van der Waals surface area (Å²) in [5, 5.41) is 2.57. The summed E-state index contributed by atoms with van der Waals surface area (Å²) in [5.41, 5.74) is 41.4. The summed E-state index contributed by atoms with van der Waals surface area (Å²) in [6.07, 6.45) is 11.0. The molecule has 4 aliphatic rings. The molecule has 0 unspecified atom stereocenters. The first-order valence-electron chi connectivity index (χ1n) is 50.5. The Balaban J connectivity index is 0.000000114. The lowest BCUT2D eigenvalue weighted by atomic mass is 9.70. The molecular formula is C137H94N12. The lowest BCUT2D eigenvalue weighted by molar-refractivity contribution is 0.660. The highest BCUT2D eigenvalue weighted by Gasteiger charge is 2.52. The SMILES string of the molecule is CC1(C)c2ccc(-c3nc(-c4ccc(-c5cccnc5)cc4)nc(-c4cccc(-c5ccccc5)c4)n3)cc2-c2ccc3ccccc3c21.CC1(C)c2ccccc2-c2c(-c3nc(-c4ccc(-c5cccnc5)cc4)nc(-c4cccc(-c5ccccc5)c4)n3)cccc21.c1ccc(-c2cccc(-c3nc(-c4ccc(-c5cccnc5)cc4)nc(-c4cccc5c4-c4ccccc4C54c5ccccc5-c5ccccc54)n3)c2)cc1. The first kappa shape index (κ1) is 89.8. The number of benzene rings is 18. The average molecular weight is 1910 g/mol. The van der Waals surface area contributed by atoms with Crippen LogP contribution in [-0.4, -0.2) is 59.8 Å². The van der Waals surface area contributed by atoms with Crippen LogP contribution in [-0.2, 0) is 16.2 Å². The molecule has 12 nitrogen and oxygen atoms in total. The molecule has 24 aromatic rings. The van der Waals surface area contributed by atoms with Crippen LogP contribution in [0.2, 0.25) is 0 Å². The van der Waals surface area contributed by atoms with Gasteiger partial charge >= 0.3 is 0 Å². The van der Waals surface area contributed by atoms with Crippen LogP contribution in [0, 0.1) is 0 Å². The van der Waals surface area contributed by atoms with Crippen LogP contribution >= 0.6 is 0 Å². The van der Waals surface area contributed by atoms with E-state index in [0.717, 1.165) is 122 Å². The normalized spacial score (nSPS) is 12.9. The summed E-state index contributed by atoms with van der Waals surface area (Å²) in [7, 11) is 0. The highest BCUT2D eigenvalue weighted by atomic mass is 15.1. The molecule has 12 heteroatoms. The highest BCUT2D eigenvalue weighted by molar-refractivity contribution is 6.02. The second-order valence-corrected chi connectivity index (χ2v) is 39.3. The fourth-order valence-electron chi connectivity index (χ4n) is 22.7. The van der Waals surface area contributed by atoms with Gasteiger partial charge in [-0.05, 0) is 209 Å². The fourth-order valence-corrected chi connectivity index (χ4v) is 22.7. The molecule has 0 saturated heterocycles. The second-order valence-electron chi connectivity index (χ2n) is 39.3. The molecule has 18 aromatic carbocycles. The number of rotatable bonds is 15. The third-order valence-electron chi connectivity index (χ3n) is 29.9. The maximum atomic E-state index is 5.32. The zero-order chi connectivity index (χ0) is 99.7. The van der Waals surface area contributed by atoms with Crippen molar-refractivity contribution < 1.29 is 0 Å². The van der Waals surface area contributed by atoms with Crippen molar-refractivity contribution >= 4 is 10.8 Å².